The van der Waals surface area contributed by atoms with Crippen molar-refractivity contribution >= 4 is 12.0 Å². The summed E-state index contributed by atoms with van der Waals surface area (Å²) in [7, 11) is 0. The second kappa shape index (κ2) is 4.53. The number of nitrogens with zero attached hydrogens (tertiary/aromatic N) is 2. The van der Waals surface area contributed by atoms with E-state index < -0.39 is 17.3 Å². The van der Waals surface area contributed by atoms with E-state index >= 15 is 0 Å². The van der Waals surface area contributed by atoms with Gasteiger partial charge in [-0.3, -0.25) is 0 Å². The molecular weight excluding hydrogens is 240 g/mol. The van der Waals surface area contributed by atoms with E-state index in [2.05, 4.69) is 15.2 Å². The molecule has 0 aliphatic carbocycles. The highest BCUT2D eigenvalue weighted by Gasteiger charge is 2.06. The number of carboxylic acid groups (broad SMARTS) is 1. The molecule has 8 heteroatoms. The van der Waals surface area contributed by atoms with Gasteiger partial charge in [0.05, 0.1) is 5.69 Å². The molecule has 0 fully saturated rings. The van der Waals surface area contributed by atoms with Gasteiger partial charge in [-0.15, -0.1) is 0 Å². The third-order valence-electron chi connectivity index (χ3n) is 2.06. The highest BCUT2D eigenvalue weighted by molar-refractivity contribution is 5.84. The average Bonchev–Trinajstić information content (AvgIpc) is 2.67. The monoisotopic (exact) mass is 248 g/mol. The Morgan fingerprint density at radius 1 is 1.28 bits per heavy atom. The summed E-state index contributed by atoms with van der Waals surface area (Å²) in [6, 6.07) is 4.57. The van der Waals surface area contributed by atoms with Crippen molar-refractivity contribution in [3.8, 4) is 5.82 Å². The fourth-order valence-corrected chi connectivity index (χ4v) is 1.33. The van der Waals surface area contributed by atoms with Crippen molar-refractivity contribution < 1.29 is 9.90 Å². The molecule has 2 aromatic rings. The Kier molecular flexibility index (Phi) is 2.92. The van der Waals surface area contributed by atoms with E-state index in [4.69, 9.17) is 5.11 Å². The molecule has 18 heavy (non-hydrogen) atoms. The molecule has 0 radical (unpaired) electrons. The van der Waals surface area contributed by atoms with Crippen LogP contribution in [0.5, 0.6) is 0 Å². The molecule has 0 spiro atoms. The maximum absolute atomic E-state index is 11.3. The number of carbonyl (C=O) groups is 1. The number of carboxylic acids is 1. The summed E-state index contributed by atoms with van der Waals surface area (Å²) in [5.41, 5.74) is -0.971. The number of nitrogens with one attached hydrogen (secondary N) is 2. The Bertz CT molecular complexity index is 694. The van der Waals surface area contributed by atoms with Crippen molar-refractivity contribution in [3.05, 3.63) is 50.9 Å². The Morgan fingerprint density at radius 2 is 1.94 bits per heavy atom. The lowest BCUT2D eigenvalue weighted by Gasteiger charge is -1.99. The summed E-state index contributed by atoms with van der Waals surface area (Å²) >= 11 is 0. The van der Waals surface area contributed by atoms with Gasteiger partial charge in [0.2, 0.25) is 0 Å². The zero-order valence-corrected chi connectivity index (χ0v) is 8.95. The van der Waals surface area contributed by atoms with Crippen molar-refractivity contribution in [2.45, 2.75) is 0 Å². The van der Waals surface area contributed by atoms with Crippen LogP contribution in [0.15, 0.2) is 33.9 Å². The predicted molar refractivity (Wildman–Crippen MR) is 61.5 cm³/mol. The molecule has 2 rings (SSSR count). The minimum absolute atomic E-state index is 0.107. The zero-order chi connectivity index (χ0) is 13.1. The molecule has 0 unspecified atom stereocenters. The third-order valence-corrected chi connectivity index (χ3v) is 2.06. The second-order valence-electron chi connectivity index (χ2n) is 3.29. The van der Waals surface area contributed by atoms with E-state index in [1.165, 1.54) is 12.1 Å². The number of pyridine rings is 1. The minimum Gasteiger partial charge on any atom is -0.478 e. The SMILES string of the molecule is O=C(O)/C=C/c1cccc(-n2c(=O)[nH][nH]c2=O)n1. The van der Waals surface area contributed by atoms with Crippen LogP contribution in [0.4, 0.5) is 0 Å². The largest absolute Gasteiger partial charge is 0.478 e. The molecule has 2 aromatic heterocycles. The zero-order valence-electron chi connectivity index (χ0n) is 8.95. The van der Waals surface area contributed by atoms with Crippen LogP contribution in [-0.2, 0) is 4.79 Å². The van der Waals surface area contributed by atoms with Crippen LogP contribution in [0.25, 0.3) is 11.9 Å². The van der Waals surface area contributed by atoms with Gasteiger partial charge in [-0.1, -0.05) is 6.07 Å². The van der Waals surface area contributed by atoms with Crippen molar-refractivity contribution in [3.63, 3.8) is 0 Å². The van der Waals surface area contributed by atoms with Crippen molar-refractivity contribution in [1.82, 2.24) is 19.7 Å². The molecule has 0 aliphatic heterocycles. The highest BCUT2D eigenvalue weighted by Crippen LogP contribution is 2.03. The fourth-order valence-electron chi connectivity index (χ4n) is 1.33. The Balaban J connectivity index is 2.48. The van der Waals surface area contributed by atoms with Gasteiger partial charge in [0, 0.05) is 6.08 Å². The van der Waals surface area contributed by atoms with Crippen molar-refractivity contribution in [2.75, 3.05) is 0 Å². The second-order valence-corrected chi connectivity index (χ2v) is 3.29. The lowest BCUT2D eigenvalue weighted by Crippen LogP contribution is -2.25. The van der Waals surface area contributed by atoms with Gasteiger partial charge in [0.1, 0.15) is 5.82 Å². The summed E-state index contributed by atoms with van der Waals surface area (Å²) in [5.74, 6) is -1.01. The first-order valence-corrected chi connectivity index (χ1v) is 4.86. The van der Waals surface area contributed by atoms with Gasteiger partial charge in [0.15, 0.2) is 0 Å². The summed E-state index contributed by atoms with van der Waals surface area (Å²) in [4.78, 5) is 37.0. The van der Waals surface area contributed by atoms with Crippen LogP contribution in [0.3, 0.4) is 0 Å². The van der Waals surface area contributed by atoms with Gasteiger partial charge in [0.25, 0.3) is 0 Å². The van der Waals surface area contributed by atoms with E-state index in [1.807, 2.05) is 0 Å². The van der Waals surface area contributed by atoms with Crippen LogP contribution >= 0.6 is 0 Å². The normalized spacial score (nSPS) is 10.9. The van der Waals surface area contributed by atoms with Gasteiger partial charge in [-0.05, 0) is 18.2 Å². The molecule has 0 saturated heterocycles. The first kappa shape index (κ1) is 11.6. The van der Waals surface area contributed by atoms with E-state index in [0.717, 1.165) is 10.6 Å². The molecule has 3 N–H and O–H groups in total. The van der Waals surface area contributed by atoms with Crippen LogP contribution in [0.1, 0.15) is 5.69 Å². The molecule has 2 heterocycles. The first-order valence-electron chi connectivity index (χ1n) is 4.86. The van der Waals surface area contributed by atoms with Gasteiger partial charge in [-0.25, -0.2) is 29.6 Å². The van der Waals surface area contributed by atoms with Gasteiger partial charge >= 0.3 is 17.3 Å². The summed E-state index contributed by atoms with van der Waals surface area (Å²) in [6.45, 7) is 0. The maximum atomic E-state index is 11.3. The average molecular weight is 248 g/mol. The topological polar surface area (TPSA) is 121 Å². The summed E-state index contributed by atoms with van der Waals surface area (Å²) < 4.78 is 0.804. The van der Waals surface area contributed by atoms with E-state index in [-0.39, 0.29) is 5.82 Å². The Morgan fingerprint density at radius 3 is 2.56 bits per heavy atom. The number of hydrogen-bond acceptors (Lipinski definition) is 4. The van der Waals surface area contributed by atoms with Crippen LogP contribution < -0.4 is 11.4 Å². The number of aromatic nitrogens is 4. The number of aromatic amines is 2. The molecular formula is C10H8N4O4. The van der Waals surface area contributed by atoms with Crippen LogP contribution in [0.2, 0.25) is 0 Å². The van der Waals surface area contributed by atoms with E-state index in [1.54, 1.807) is 12.1 Å². The van der Waals surface area contributed by atoms with E-state index in [9.17, 15) is 14.4 Å². The lowest BCUT2D eigenvalue weighted by atomic mass is 10.3. The highest BCUT2D eigenvalue weighted by atomic mass is 16.4. The first-order chi connectivity index (χ1) is 8.58. The number of hydrogen-bond donors (Lipinski definition) is 3. The minimum atomic E-state index is -1.11. The van der Waals surface area contributed by atoms with Crippen LogP contribution in [-0.4, -0.2) is 30.8 Å². The molecule has 8 nitrogen and oxygen atoms in total. The molecule has 0 saturated carbocycles. The molecule has 0 bridgehead atoms. The number of aliphatic carboxylic acids is 1. The van der Waals surface area contributed by atoms with Gasteiger partial charge in [-0.2, -0.15) is 4.57 Å². The fraction of sp³-hybridized carbons (Fsp3) is 0. The molecule has 92 valence electrons. The molecule has 0 amide bonds. The lowest BCUT2D eigenvalue weighted by molar-refractivity contribution is -0.131. The smallest absolute Gasteiger partial charge is 0.350 e. The molecule has 0 aliphatic rings. The Hall–Kier alpha value is -2.90. The number of rotatable bonds is 3. The third kappa shape index (κ3) is 2.26. The predicted octanol–water partition coefficient (Wildman–Crippen LogP) is -0.653. The summed E-state index contributed by atoms with van der Waals surface area (Å²) in [5, 5.41) is 12.7. The molecule has 0 aromatic carbocycles. The van der Waals surface area contributed by atoms with E-state index in [0.29, 0.717) is 5.69 Å². The van der Waals surface area contributed by atoms with Crippen LogP contribution in [0, 0.1) is 0 Å². The number of H-pyrrole nitrogens is 2. The van der Waals surface area contributed by atoms with Crippen molar-refractivity contribution in [1.29, 1.82) is 0 Å². The quantitative estimate of drug-likeness (QED) is 0.623. The van der Waals surface area contributed by atoms with Crippen molar-refractivity contribution in [2.24, 2.45) is 0 Å². The maximum Gasteiger partial charge on any atom is 0.350 e. The summed E-state index contributed by atoms with van der Waals surface area (Å²) in [6.07, 6.45) is 2.17. The molecule has 0 atom stereocenters. The standard InChI is InChI=1S/C10H8N4O4/c15-8(16)5-4-6-2-1-3-7(11-6)14-9(17)12-13-10(14)18/h1-5H,(H,12,17)(H,13,18)(H,15,16)/b5-4+. The Labute approximate surface area is 99.2 Å². The van der Waals surface area contributed by atoms with Gasteiger partial charge < -0.3 is 5.11 Å².